The molecular formula is C18H18F3N3O4S. The van der Waals surface area contributed by atoms with Crippen molar-refractivity contribution in [2.75, 3.05) is 24.2 Å². The Morgan fingerprint density at radius 3 is 2.52 bits per heavy atom. The first-order valence-corrected chi connectivity index (χ1v) is 9.97. The van der Waals surface area contributed by atoms with E-state index in [1.165, 1.54) is 31.4 Å². The number of hydrazone groups is 1. The van der Waals surface area contributed by atoms with E-state index in [1.54, 1.807) is 12.1 Å². The van der Waals surface area contributed by atoms with Crippen LogP contribution in [0.15, 0.2) is 53.6 Å². The van der Waals surface area contributed by atoms with Crippen LogP contribution in [0.25, 0.3) is 0 Å². The summed E-state index contributed by atoms with van der Waals surface area (Å²) in [6, 6.07) is 10.6. The fourth-order valence-electron chi connectivity index (χ4n) is 2.36. The van der Waals surface area contributed by atoms with Crippen LogP contribution < -0.4 is 14.5 Å². The summed E-state index contributed by atoms with van der Waals surface area (Å²) in [6.45, 7) is -0.598. The van der Waals surface area contributed by atoms with Gasteiger partial charge in [-0.2, -0.15) is 18.3 Å². The molecule has 0 heterocycles. The van der Waals surface area contributed by atoms with Crippen molar-refractivity contribution >= 4 is 27.8 Å². The van der Waals surface area contributed by atoms with Crippen molar-refractivity contribution in [1.29, 1.82) is 0 Å². The lowest BCUT2D eigenvalue weighted by molar-refractivity contribution is -0.137. The number of hydrogen-bond donors (Lipinski definition) is 1. The van der Waals surface area contributed by atoms with Crippen LogP contribution in [0, 0.1) is 0 Å². The number of nitrogens with one attached hydrogen (secondary N) is 1. The zero-order chi connectivity index (χ0) is 21.7. The Kier molecular flexibility index (Phi) is 6.85. The van der Waals surface area contributed by atoms with E-state index in [1.807, 2.05) is 0 Å². The van der Waals surface area contributed by atoms with E-state index in [2.05, 4.69) is 10.5 Å². The van der Waals surface area contributed by atoms with Crippen molar-refractivity contribution in [3.8, 4) is 5.75 Å². The van der Waals surface area contributed by atoms with E-state index in [9.17, 15) is 26.4 Å². The predicted molar refractivity (Wildman–Crippen MR) is 102 cm³/mol. The quantitative estimate of drug-likeness (QED) is 0.541. The molecular weight excluding hydrogens is 411 g/mol. The van der Waals surface area contributed by atoms with Gasteiger partial charge < -0.3 is 4.74 Å². The lowest BCUT2D eigenvalue weighted by Crippen LogP contribution is -2.39. The zero-order valence-corrected chi connectivity index (χ0v) is 16.3. The van der Waals surface area contributed by atoms with Crippen LogP contribution in [0.4, 0.5) is 18.9 Å². The third kappa shape index (κ3) is 6.21. The molecule has 0 bridgehead atoms. The van der Waals surface area contributed by atoms with E-state index in [-0.39, 0.29) is 17.0 Å². The number of carbonyl (C=O) groups is 1. The van der Waals surface area contributed by atoms with Gasteiger partial charge in [0.05, 0.1) is 30.8 Å². The average molecular weight is 429 g/mol. The maximum atomic E-state index is 12.7. The summed E-state index contributed by atoms with van der Waals surface area (Å²) in [4.78, 5) is 12.1. The number of anilines is 1. The van der Waals surface area contributed by atoms with E-state index < -0.39 is 34.2 Å². The molecule has 0 fully saturated rings. The van der Waals surface area contributed by atoms with E-state index in [4.69, 9.17) is 4.74 Å². The third-order valence-corrected chi connectivity index (χ3v) is 4.78. The number of nitrogens with zero attached hydrogens (tertiary/aromatic N) is 2. The number of para-hydroxylation sites is 2. The lowest BCUT2D eigenvalue weighted by Gasteiger charge is -2.23. The minimum absolute atomic E-state index is 0.116. The summed E-state index contributed by atoms with van der Waals surface area (Å²) in [7, 11) is -2.47. The fourth-order valence-corrected chi connectivity index (χ4v) is 3.22. The average Bonchev–Trinajstić information content (AvgIpc) is 2.65. The summed E-state index contributed by atoms with van der Waals surface area (Å²) in [5.74, 6) is -0.539. The van der Waals surface area contributed by atoms with Crippen molar-refractivity contribution in [2.24, 2.45) is 5.10 Å². The normalized spacial score (nSPS) is 12.0. The number of halogens is 3. The Labute approximate surface area is 165 Å². The summed E-state index contributed by atoms with van der Waals surface area (Å²) in [6.07, 6.45) is -2.54. The number of hydrogen-bond acceptors (Lipinski definition) is 5. The minimum atomic E-state index is -4.50. The predicted octanol–water partition coefficient (Wildman–Crippen LogP) is 2.63. The van der Waals surface area contributed by atoms with Crippen LogP contribution in [0.2, 0.25) is 0 Å². The molecule has 0 radical (unpaired) electrons. The number of benzene rings is 2. The second kappa shape index (κ2) is 8.95. The molecule has 2 aromatic carbocycles. The standard InChI is InChI=1S/C18H18F3N3O4S/c1-28-16-9-4-3-8-15(16)24(29(2,26)27)12-17(25)23-22-11-13-6-5-7-14(10-13)18(19,20)21/h3-11H,12H2,1-2H3,(H,23,25). The molecule has 29 heavy (non-hydrogen) atoms. The first-order chi connectivity index (χ1) is 13.5. The van der Waals surface area contributed by atoms with Gasteiger partial charge in [-0.25, -0.2) is 13.8 Å². The molecule has 0 aliphatic carbocycles. The van der Waals surface area contributed by atoms with E-state index >= 15 is 0 Å². The van der Waals surface area contributed by atoms with Gasteiger partial charge in [-0.15, -0.1) is 0 Å². The molecule has 0 spiro atoms. The summed E-state index contributed by atoms with van der Waals surface area (Å²) in [5.41, 5.74) is 1.52. The van der Waals surface area contributed by atoms with Crippen molar-refractivity contribution in [1.82, 2.24) is 5.43 Å². The number of amides is 1. The molecule has 0 aliphatic rings. The van der Waals surface area contributed by atoms with Crippen molar-refractivity contribution in [3.63, 3.8) is 0 Å². The van der Waals surface area contributed by atoms with Crippen LogP contribution in [-0.2, 0) is 21.0 Å². The van der Waals surface area contributed by atoms with Crippen LogP contribution in [0.1, 0.15) is 11.1 Å². The number of alkyl halides is 3. The van der Waals surface area contributed by atoms with Gasteiger partial charge in [-0.3, -0.25) is 9.10 Å². The van der Waals surface area contributed by atoms with Gasteiger partial charge >= 0.3 is 6.18 Å². The third-order valence-electron chi connectivity index (χ3n) is 3.66. The minimum Gasteiger partial charge on any atom is -0.495 e. The second-order valence-corrected chi connectivity index (χ2v) is 7.76. The number of rotatable bonds is 7. The van der Waals surface area contributed by atoms with Gasteiger partial charge in [0.15, 0.2) is 0 Å². The zero-order valence-electron chi connectivity index (χ0n) is 15.5. The van der Waals surface area contributed by atoms with Crippen molar-refractivity contribution in [2.45, 2.75) is 6.18 Å². The molecule has 1 amide bonds. The largest absolute Gasteiger partial charge is 0.495 e. The molecule has 0 atom stereocenters. The molecule has 0 saturated heterocycles. The van der Waals surface area contributed by atoms with Gasteiger partial charge in [0.2, 0.25) is 10.0 Å². The smallest absolute Gasteiger partial charge is 0.416 e. The molecule has 0 unspecified atom stereocenters. The molecule has 2 aromatic rings. The van der Waals surface area contributed by atoms with Crippen molar-refractivity contribution in [3.05, 3.63) is 59.7 Å². The van der Waals surface area contributed by atoms with Gasteiger partial charge in [0, 0.05) is 0 Å². The highest BCUT2D eigenvalue weighted by Crippen LogP contribution is 2.30. The topological polar surface area (TPSA) is 88.1 Å². The molecule has 0 aliphatic heterocycles. The van der Waals surface area contributed by atoms with Crippen LogP contribution in [-0.4, -0.2) is 40.4 Å². The molecule has 7 nitrogen and oxygen atoms in total. The van der Waals surface area contributed by atoms with E-state index in [0.717, 1.165) is 28.9 Å². The Morgan fingerprint density at radius 1 is 1.21 bits per heavy atom. The highest BCUT2D eigenvalue weighted by atomic mass is 32.2. The number of carbonyl (C=O) groups excluding carboxylic acids is 1. The van der Waals surface area contributed by atoms with Crippen LogP contribution in [0.5, 0.6) is 5.75 Å². The SMILES string of the molecule is COc1ccccc1N(CC(=O)NN=Cc1cccc(C(F)(F)F)c1)S(C)(=O)=O. The van der Waals surface area contributed by atoms with Gasteiger partial charge in [0.1, 0.15) is 12.3 Å². The molecule has 11 heteroatoms. The molecule has 0 aromatic heterocycles. The molecule has 2 rings (SSSR count). The maximum Gasteiger partial charge on any atom is 0.416 e. The summed E-state index contributed by atoms with van der Waals surface area (Å²) < 4.78 is 68.3. The monoisotopic (exact) mass is 429 g/mol. The second-order valence-electron chi connectivity index (χ2n) is 5.86. The number of ether oxygens (including phenoxy) is 1. The number of sulfonamides is 1. The van der Waals surface area contributed by atoms with Gasteiger partial charge in [-0.1, -0.05) is 24.3 Å². The highest BCUT2D eigenvalue weighted by molar-refractivity contribution is 7.92. The first kappa shape index (κ1) is 22.2. The van der Waals surface area contributed by atoms with Gasteiger partial charge in [0.25, 0.3) is 5.91 Å². The van der Waals surface area contributed by atoms with Crippen molar-refractivity contribution < 1.29 is 31.1 Å². The van der Waals surface area contributed by atoms with E-state index in [0.29, 0.717) is 0 Å². The Morgan fingerprint density at radius 2 is 1.90 bits per heavy atom. The maximum absolute atomic E-state index is 12.7. The molecule has 156 valence electrons. The Bertz CT molecular complexity index is 1010. The summed E-state index contributed by atoms with van der Waals surface area (Å²) in [5, 5.41) is 3.59. The Balaban J connectivity index is 2.13. The molecule has 0 saturated carbocycles. The Hall–Kier alpha value is -3.08. The highest BCUT2D eigenvalue weighted by Gasteiger charge is 2.30. The van der Waals surface area contributed by atoms with Crippen LogP contribution >= 0.6 is 0 Å². The lowest BCUT2D eigenvalue weighted by atomic mass is 10.1. The fraction of sp³-hybridized carbons (Fsp3) is 0.222. The number of methoxy groups -OCH3 is 1. The molecule has 1 N–H and O–H groups in total. The van der Waals surface area contributed by atoms with Gasteiger partial charge in [-0.05, 0) is 29.8 Å². The summed E-state index contributed by atoms with van der Waals surface area (Å²) >= 11 is 0. The van der Waals surface area contributed by atoms with Crippen LogP contribution in [0.3, 0.4) is 0 Å². The first-order valence-electron chi connectivity index (χ1n) is 8.12.